The number of carbonyl (C=O) groups is 3. The molecule has 1 fully saturated rings. The van der Waals surface area contributed by atoms with Crippen LogP contribution in [0.5, 0.6) is 0 Å². The molecule has 0 radical (unpaired) electrons. The fraction of sp³-hybridized carbons (Fsp3) is 0.269. The van der Waals surface area contributed by atoms with Crippen LogP contribution in [-0.4, -0.2) is 39.3 Å². The molecule has 1 saturated heterocycles. The number of halogens is 1. The highest BCUT2D eigenvalue weighted by molar-refractivity contribution is 6.11. The van der Waals surface area contributed by atoms with Gasteiger partial charge < -0.3 is 9.88 Å². The van der Waals surface area contributed by atoms with E-state index in [4.69, 9.17) is 0 Å². The molecule has 1 atom stereocenters. The summed E-state index contributed by atoms with van der Waals surface area (Å²) < 4.78 is 15.2. The number of nitrogens with zero attached hydrogens (tertiary/aromatic N) is 2. The monoisotopic (exact) mass is 445 g/mol. The number of nitrogens with one attached hydrogen (secondary N) is 1. The summed E-state index contributed by atoms with van der Waals surface area (Å²) in [6.07, 6.45) is 1.64. The minimum Gasteiger partial charge on any atom is -0.323 e. The van der Waals surface area contributed by atoms with Crippen LogP contribution in [0.2, 0.25) is 0 Å². The summed E-state index contributed by atoms with van der Waals surface area (Å²) in [4.78, 5) is 40.3. The predicted octanol–water partition coefficient (Wildman–Crippen LogP) is 3.90. The maximum Gasteiger partial charge on any atom is 0.325 e. The molecule has 0 bridgehead atoms. The van der Waals surface area contributed by atoms with E-state index in [0.29, 0.717) is 30.5 Å². The van der Waals surface area contributed by atoms with E-state index in [1.807, 2.05) is 35.8 Å². The fourth-order valence-corrected chi connectivity index (χ4v) is 5.11. The van der Waals surface area contributed by atoms with Gasteiger partial charge in [0, 0.05) is 29.1 Å². The maximum absolute atomic E-state index is 13.3. The van der Waals surface area contributed by atoms with E-state index >= 15 is 0 Å². The second-order valence-electron chi connectivity index (χ2n) is 8.87. The number of rotatable bonds is 4. The van der Waals surface area contributed by atoms with Crippen LogP contribution in [0.25, 0.3) is 5.69 Å². The number of imide groups is 1. The molecule has 5 rings (SSSR count). The number of aryl methyl sites for hydroxylation is 2. The van der Waals surface area contributed by atoms with Crippen LogP contribution in [0.4, 0.5) is 9.18 Å². The Morgan fingerprint density at radius 1 is 1.06 bits per heavy atom. The molecule has 1 unspecified atom stereocenters. The summed E-state index contributed by atoms with van der Waals surface area (Å²) in [7, 11) is 0. The van der Waals surface area contributed by atoms with Crippen LogP contribution in [0.1, 0.15) is 39.3 Å². The minimum atomic E-state index is -0.989. The number of carbonyl (C=O) groups excluding carboxylic acids is 3. The van der Waals surface area contributed by atoms with Gasteiger partial charge in [-0.15, -0.1) is 0 Å². The first-order valence-electron chi connectivity index (χ1n) is 11.0. The Bertz CT molecular complexity index is 1290. The molecule has 2 heterocycles. The fourth-order valence-electron chi connectivity index (χ4n) is 5.11. The summed E-state index contributed by atoms with van der Waals surface area (Å²) in [5.41, 5.74) is 3.91. The van der Waals surface area contributed by atoms with Crippen LogP contribution in [0.3, 0.4) is 0 Å². The highest BCUT2D eigenvalue weighted by Crippen LogP contribution is 2.34. The number of benzene rings is 2. The summed E-state index contributed by atoms with van der Waals surface area (Å²) in [6.45, 7) is 3.34. The van der Waals surface area contributed by atoms with Gasteiger partial charge in [0.2, 0.25) is 0 Å². The van der Waals surface area contributed by atoms with Crippen molar-refractivity contribution in [3.8, 4) is 5.69 Å². The van der Waals surface area contributed by atoms with Crippen molar-refractivity contribution in [2.45, 2.75) is 38.6 Å². The van der Waals surface area contributed by atoms with Gasteiger partial charge >= 0.3 is 6.03 Å². The highest BCUT2D eigenvalue weighted by Gasteiger charge is 2.52. The number of fused-ring (bicyclic) bond motifs is 1. The molecule has 2 aliphatic rings. The summed E-state index contributed by atoms with van der Waals surface area (Å²) in [5, 5.41) is 2.87. The average Bonchev–Trinajstić information content (AvgIpc) is 3.22. The normalized spacial score (nSPS) is 19.7. The van der Waals surface area contributed by atoms with E-state index in [9.17, 15) is 18.8 Å². The molecule has 1 N–H and O–H groups in total. The SMILES string of the molecule is Cc1cc(C(=O)CN2C(=O)NC3(CCc4ccccc4C3)C2=O)c(C)n1-c1ccc(F)cc1. The van der Waals surface area contributed by atoms with Gasteiger partial charge in [-0.2, -0.15) is 0 Å². The number of hydrogen-bond acceptors (Lipinski definition) is 3. The lowest BCUT2D eigenvalue weighted by molar-refractivity contribution is -0.131. The van der Waals surface area contributed by atoms with Gasteiger partial charge in [-0.1, -0.05) is 24.3 Å². The van der Waals surface area contributed by atoms with Crippen molar-refractivity contribution in [3.05, 3.63) is 88.5 Å². The molecule has 1 aliphatic carbocycles. The van der Waals surface area contributed by atoms with Crippen molar-refractivity contribution in [2.75, 3.05) is 6.54 Å². The van der Waals surface area contributed by atoms with E-state index in [1.54, 1.807) is 25.1 Å². The van der Waals surface area contributed by atoms with Crippen LogP contribution >= 0.6 is 0 Å². The Labute approximate surface area is 191 Å². The van der Waals surface area contributed by atoms with Crippen molar-refractivity contribution in [1.82, 2.24) is 14.8 Å². The van der Waals surface area contributed by atoms with Crippen molar-refractivity contribution < 1.29 is 18.8 Å². The quantitative estimate of drug-likeness (QED) is 0.489. The van der Waals surface area contributed by atoms with Crippen molar-refractivity contribution in [2.24, 2.45) is 0 Å². The molecule has 3 aromatic rings. The van der Waals surface area contributed by atoms with Crippen molar-refractivity contribution in [3.63, 3.8) is 0 Å². The average molecular weight is 445 g/mol. The third-order valence-corrected chi connectivity index (χ3v) is 6.80. The molecular weight excluding hydrogens is 421 g/mol. The Hall–Kier alpha value is -3.74. The number of hydrogen-bond donors (Lipinski definition) is 1. The third-order valence-electron chi connectivity index (χ3n) is 6.80. The number of amides is 3. The number of aromatic nitrogens is 1. The number of Topliss-reactive ketones (excluding diaryl/α,β-unsaturated/α-hetero) is 1. The molecule has 6 nitrogen and oxygen atoms in total. The summed E-state index contributed by atoms with van der Waals surface area (Å²) >= 11 is 0. The lowest BCUT2D eigenvalue weighted by atomic mass is 9.78. The van der Waals surface area contributed by atoms with E-state index in [2.05, 4.69) is 5.32 Å². The molecule has 7 heteroatoms. The third kappa shape index (κ3) is 3.44. The van der Waals surface area contributed by atoms with E-state index in [0.717, 1.165) is 21.8 Å². The first-order valence-corrected chi connectivity index (χ1v) is 11.0. The molecule has 1 aromatic heterocycles. The second kappa shape index (κ2) is 7.69. The van der Waals surface area contributed by atoms with Crippen LogP contribution in [0, 0.1) is 19.7 Å². The van der Waals surface area contributed by atoms with Gasteiger partial charge in [0.1, 0.15) is 11.4 Å². The summed E-state index contributed by atoms with van der Waals surface area (Å²) in [5.74, 6) is -0.994. The van der Waals surface area contributed by atoms with Gasteiger partial charge in [0.25, 0.3) is 5.91 Å². The molecule has 2 aromatic carbocycles. The highest BCUT2D eigenvalue weighted by atomic mass is 19.1. The molecule has 1 aliphatic heterocycles. The van der Waals surface area contributed by atoms with Gasteiger partial charge in [-0.25, -0.2) is 9.18 Å². The maximum atomic E-state index is 13.3. The molecule has 1 spiro atoms. The van der Waals surface area contributed by atoms with Crippen LogP contribution in [0.15, 0.2) is 54.6 Å². The number of ketones is 1. The molecular formula is C26H24FN3O3. The topological polar surface area (TPSA) is 71.4 Å². The summed E-state index contributed by atoms with van der Waals surface area (Å²) in [6, 6.07) is 15.2. The van der Waals surface area contributed by atoms with E-state index in [1.165, 1.54) is 17.7 Å². The minimum absolute atomic E-state index is 0.312. The standard InChI is InChI=1S/C26H24FN3O3/c1-16-13-22(17(2)30(16)21-9-7-20(27)8-10-21)23(31)15-29-24(32)26(28-25(29)33)12-11-18-5-3-4-6-19(18)14-26/h3-10,13H,11-12,14-15H2,1-2H3,(H,28,33). The molecule has 33 heavy (non-hydrogen) atoms. The smallest absolute Gasteiger partial charge is 0.323 e. The second-order valence-corrected chi connectivity index (χ2v) is 8.87. The van der Waals surface area contributed by atoms with Crippen molar-refractivity contribution in [1.29, 1.82) is 0 Å². The Morgan fingerprint density at radius 3 is 2.48 bits per heavy atom. The molecule has 3 amide bonds. The molecule has 168 valence electrons. The van der Waals surface area contributed by atoms with Crippen LogP contribution in [-0.2, 0) is 17.6 Å². The van der Waals surface area contributed by atoms with Gasteiger partial charge in [-0.3, -0.25) is 14.5 Å². The number of urea groups is 1. The molecule has 0 saturated carbocycles. The Kier molecular flexibility index (Phi) is 4.92. The zero-order valence-electron chi connectivity index (χ0n) is 18.5. The van der Waals surface area contributed by atoms with Crippen LogP contribution < -0.4 is 5.32 Å². The zero-order valence-corrected chi connectivity index (χ0v) is 18.5. The first kappa shape index (κ1) is 21.1. The first-order chi connectivity index (χ1) is 15.8. The zero-order chi connectivity index (χ0) is 23.3. The lowest BCUT2D eigenvalue weighted by Crippen LogP contribution is -2.51. The van der Waals surface area contributed by atoms with Crippen molar-refractivity contribution >= 4 is 17.7 Å². The Balaban J connectivity index is 1.39. The van der Waals surface area contributed by atoms with E-state index < -0.39 is 11.6 Å². The largest absolute Gasteiger partial charge is 0.325 e. The van der Waals surface area contributed by atoms with E-state index in [-0.39, 0.29) is 24.1 Å². The van der Waals surface area contributed by atoms with Gasteiger partial charge in [0.05, 0.1) is 6.54 Å². The van der Waals surface area contributed by atoms with Gasteiger partial charge in [-0.05, 0) is 68.1 Å². The predicted molar refractivity (Wildman–Crippen MR) is 121 cm³/mol. The Morgan fingerprint density at radius 2 is 1.76 bits per heavy atom. The lowest BCUT2D eigenvalue weighted by Gasteiger charge is -2.32. The van der Waals surface area contributed by atoms with Gasteiger partial charge in [0.15, 0.2) is 5.78 Å².